The van der Waals surface area contributed by atoms with Crippen LogP contribution in [0.15, 0.2) is 28.6 Å². The molecule has 4 rings (SSSR count). The molecule has 12 heteroatoms. The van der Waals surface area contributed by atoms with E-state index in [0.717, 1.165) is 100.0 Å². The van der Waals surface area contributed by atoms with E-state index in [-0.39, 0.29) is 5.91 Å². The van der Waals surface area contributed by atoms with Crippen LogP contribution in [0.1, 0.15) is 98.8 Å². The molecule has 0 unspecified atom stereocenters. The topological polar surface area (TPSA) is 74.8 Å². The smallest absolute Gasteiger partial charge is 0.233 e. The van der Waals surface area contributed by atoms with Crippen LogP contribution in [0.4, 0.5) is 0 Å². The minimum atomic E-state index is 0.262. The molecule has 2 fully saturated rings. The molecule has 0 aliphatic carbocycles. The number of para-hydroxylation sites is 1. The fourth-order valence-corrected chi connectivity index (χ4v) is 8.88. The lowest BCUT2D eigenvalue weighted by atomic mass is 10.1. The van der Waals surface area contributed by atoms with Gasteiger partial charge in [-0.2, -0.15) is 0 Å². The van der Waals surface area contributed by atoms with Crippen molar-refractivity contribution in [2.24, 2.45) is 5.92 Å². The monoisotopic (exact) mass is 690 g/mol. The van der Waals surface area contributed by atoms with Gasteiger partial charge in [-0.25, -0.2) is 9.29 Å². The lowest BCUT2D eigenvalue weighted by Gasteiger charge is -2.23. The third-order valence-electron chi connectivity index (χ3n) is 6.67. The van der Waals surface area contributed by atoms with Crippen molar-refractivity contribution >= 4 is 77.5 Å². The van der Waals surface area contributed by atoms with Gasteiger partial charge in [-0.15, -0.1) is 11.3 Å². The second-order valence-corrected chi connectivity index (χ2v) is 15.4. The third kappa shape index (κ3) is 19.6. The maximum Gasteiger partial charge on any atom is 0.233 e. The lowest BCUT2D eigenvalue weighted by Crippen LogP contribution is -2.30. The summed E-state index contributed by atoms with van der Waals surface area (Å²) < 4.78 is 15.2. The highest BCUT2D eigenvalue weighted by molar-refractivity contribution is 8.76. The van der Waals surface area contributed by atoms with Gasteiger partial charge in [-0.1, -0.05) is 72.4 Å². The number of rotatable bonds is 14. The van der Waals surface area contributed by atoms with Crippen molar-refractivity contribution in [3.8, 4) is 0 Å². The Morgan fingerprint density at radius 3 is 2.44 bits per heavy atom. The number of carbonyl (C=O) groups is 2. The number of nitrogens with zero attached hydrogens (tertiary/aromatic N) is 3. The van der Waals surface area contributed by atoms with Gasteiger partial charge < -0.3 is 9.53 Å². The Hall–Kier alpha value is -0.470. The first-order valence-electron chi connectivity index (χ1n) is 15.9. The molecule has 2 aromatic rings. The number of aldehydes is 1. The van der Waals surface area contributed by atoms with Gasteiger partial charge in [0.15, 0.2) is 4.34 Å². The minimum Gasteiger partial charge on any atom is -0.379 e. The van der Waals surface area contributed by atoms with Crippen molar-refractivity contribution < 1.29 is 14.3 Å². The molecule has 246 valence electrons. The van der Waals surface area contributed by atoms with Crippen LogP contribution in [0.2, 0.25) is 0 Å². The standard InChI is InChI=1S/C12H22N2O2S2.C11H12N2OS3.C6H14.C2H6/c15-11-7-2-1-5-9-13-17-18-14-10-6-3-4-8-12(14)16;1-2-4-10-9(3-1)12-11(15-10)16-17-13-5-7-14-8-6-13;1-4-6(3)5-2;1-2/h11,13H,1-10H2;1-4H,5-8H2;6H,4-5H2,1-3H3;1-2H3. The van der Waals surface area contributed by atoms with Crippen LogP contribution in [-0.4, -0.2) is 65.2 Å². The van der Waals surface area contributed by atoms with Gasteiger partial charge in [0.25, 0.3) is 0 Å². The van der Waals surface area contributed by atoms with Crippen molar-refractivity contribution in [2.75, 3.05) is 39.4 Å². The maximum atomic E-state index is 11.7. The Morgan fingerprint density at radius 2 is 1.77 bits per heavy atom. The van der Waals surface area contributed by atoms with E-state index in [1.807, 2.05) is 24.2 Å². The summed E-state index contributed by atoms with van der Waals surface area (Å²) in [6, 6.07) is 8.28. The van der Waals surface area contributed by atoms with E-state index in [4.69, 9.17) is 4.74 Å². The van der Waals surface area contributed by atoms with Gasteiger partial charge in [-0.05, 0) is 65.5 Å². The second-order valence-electron chi connectivity index (χ2n) is 9.94. The first-order chi connectivity index (χ1) is 21.1. The lowest BCUT2D eigenvalue weighted by molar-refractivity contribution is -0.125. The average molecular weight is 691 g/mol. The average Bonchev–Trinajstić information content (AvgIpc) is 3.37. The highest BCUT2D eigenvalue weighted by Crippen LogP contribution is 2.38. The summed E-state index contributed by atoms with van der Waals surface area (Å²) in [5.74, 6) is 1.20. The van der Waals surface area contributed by atoms with Crippen molar-refractivity contribution in [3.63, 3.8) is 0 Å². The van der Waals surface area contributed by atoms with Crippen molar-refractivity contribution in [2.45, 2.75) is 103 Å². The number of morpholine rings is 1. The molecule has 2 aliphatic heterocycles. The van der Waals surface area contributed by atoms with Crippen LogP contribution in [0.25, 0.3) is 10.2 Å². The fourth-order valence-electron chi connectivity index (χ4n) is 3.63. The van der Waals surface area contributed by atoms with Gasteiger partial charge in [0.05, 0.1) is 23.4 Å². The summed E-state index contributed by atoms with van der Waals surface area (Å²) >= 11 is 1.76. The SMILES string of the molecule is CC.CCC(C)CC.O=CCCCCCNSSN1CCCCCC1=O.c1ccc2sc(SSN3CCOCC3)nc2c1. The molecule has 2 saturated heterocycles. The molecule has 0 radical (unpaired) electrons. The number of aromatic nitrogens is 1. The van der Waals surface area contributed by atoms with Crippen molar-refractivity contribution in [1.82, 2.24) is 18.3 Å². The first kappa shape index (κ1) is 40.6. The molecule has 1 aromatic carbocycles. The molecule has 0 atom stereocenters. The zero-order chi connectivity index (χ0) is 31.5. The number of nitrogens with one attached hydrogen (secondary N) is 1. The largest absolute Gasteiger partial charge is 0.379 e. The summed E-state index contributed by atoms with van der Waals surface area (Å²) in [6.45, 7) is 16.2. The quantitative estimate of drug-likeness (QED) is 0.0896. The number of ether oxygens (including phenoxy) is 1. The molecule has 0 spiro atoms. The number of unbranched alkanes of at least 4 members (excludes halogenated alkanes) is 3. The third-order valence-corrected chi connectivity index (χ3v) is 12.6. The van der Waals surface area contributed by atoms with Crippen LogP contribution in [0.5, 0.6) is 0 Å². The van der Waals surface area contributed by atoms with E-state index in [1.54, 1.807) is 33.1 Å². The molecule has 43 heavy (non-hydrogen) atoms. The zero-order valence-corrected chi connectivity index (χ0v) is 31.0. The molecular formula is C31H54N4O3S5. The van der Waals surface area contributed by atoms with Gasteiger partial charge in [0.1, 0.15) is 6.29 Å². The summed E-state index contributed by atoms with van der Waals surface area (Å²) in [6.07, 6.45) is 11.5. The summed E-state index contributed by atoms with van der Waals surface area (Å²) in [4.78, 5) is 26.4. The Balaban J connectivity index is 0.000000346. The Labute approximate surface area is 281 Å². The molecule has 1 amide bonds. The van der Waals surface area contributed by atoms with Crippen LogP contribution in [0.3, 0.4) is 0 Å². The fraction of sp³-hybridized carbons (Fsp3) is 0.710. The normalized spacial score (nSPS) is 15.5. The van der Waals surface area contributed by atoms with E-state index >= 15 is 0 Å². The molecule has 1 aromatic heterocycles. The zero-order valence-electron chi connectivity index (χ0n) is 26.9. The number of amides is 1. The van der Waals surface area contributed by atoms with Crippen molar-refractivity contribution in [1.29, 1.82) is 0 Å². The predicted octanol–water partition coefficient (Wildman–Crippen LogP) is 9.70. The van der Waals surface area contributed by atoms with E-state index in [9.17, 15) is 9.59 Å². The highest BCUT2D eigenvalue weighted by atomic mass is 33.1. The van der Waals surface area contributed by atoms with Gasteiger partial charge in [0.2, 0.25) is 5.91 Å². The molecule has 0 saturated carbocycles. The highest BCUT2D eigenvalue weighted by Gasteiger charge is 2.17. The van der Waals surface area contributed by atoms with Crippen LogP contribution >= 0.6 is 55.1 Å². The number of carbonyl (C=O) groups excluding carboxylic acids is 2. The molecule has 2 aliphatic rings. The molecule has 1 N–H and O–H groups in total. The second kappa shape index (κ2) is 27.8. The van der Waals surface area contributed by atoms with Crippen molar-refractivity contribution in [3.05, 3.63) is 24.3 Å². The predicted molar refractivity (Wildman–Crippen MR) is 194 cm³/mol. The number of thiazole rings is 1. The maximum absolute atomic E-state index is 11.7. The van der Waals surface area contributed by atoms with Crippen LogP contribution in [0, 0.1) is 5.92 Å². The minimum absolute atomic E-state index is 0.262. The van der Waals surface area contributed by atoms with Crippen LogP contribution in [-0.2, 0) is 14.3 Å². The van der Waals surface area contributed by atoms with Gasteiger partial charge >= 0.3 is 0 Å². The van der Waals surface area contributed by atoms with Gasteiger partial charge in [-0.3, -0.25) is 13.8 Å². The van der Waals surface area contributed by atoms with E-state index in [1.165, 1.54) is 39.5 Å². The molecule has 0 bridgehead atoms. The molecule has 3 heterocycles. The van der Waals surface area contributed by atoms with E-state index in [0.29, 0.717) is 12.8 Å². The number of benzene rings is 1. The Morgan fingerprint density at radius 1 is 1.02 bits per heavy atom. The van der Waals surface area contributed by atoms with Gasteiger partial charge in [0, 0.05) is 61.0 Å². The summed E-state index contributed by atoms with van der Waals surface area (Å²) in [7, 11) is 6.59. The first-order valence-corrected chi connectivity index (χ1v) is 20.9. The number of hydrogen-bond donors (Lipinski definition) is 1. The Bertz CT molecular complexity index is 925. The summed E-state index contributed by atoms with van der Waals surface area (Å²) in [5.41, 5.74) is 1.10. The molecular weight excluding hydrogens is 637 g/mol. The molecule has 7 nitrogen and oxygen atoms in total. The van der Waals surface area contributed by atoms with E-state index in [2.05, 4.69) is 53.0 Å². The summed E-state index contributed by atoms with van der Waals surface area (Å²) in [5, 5.41) is 0. The number of fused-ring (bicyclic) bond motifs is 1. The van der Waals surface area contributed by atoms with Crippen LogP contribution < -0.4 is 4.72 Å². The number of hydrogen-bond acceptors (Lipinski definition) is 11. The van der Waals surface area contributed by atoms with E-state index < -0.39 is 0 Å². The Kier molecular flexibility index (Phi) is 26.2.